The van der Waals surface area contributed by atoms with Crippen LogP contribution < -0.4 is 17.2 Å². The first-order valence-corrected chi connectivity index (χ1v) is 9.94. The van der Waals surface area contributed by atoms with Crippen molar-refractivity contribution in [3.8, 4) is 0 Å². The van der Waals surface area contributed by atoms with E-state index in [4.69, 9.17) is 17.2 Å². The molecule has 3 rings (SSSR count). The third-order valence-electron chi connectivity index (χ3n) is 3.72. The third kappa shape index (κ3) is 14.8. The Labute approximate surface area is 193 Å². The van der Waals surface area contributed by atoms with Gasteiger partial charge in [-0.15, -0.1) is 0 Å². The van der Waals surface area contributed by atoms with Gasteiger partial charge in [-0.3, -0.25) is 14.4 Å². The van der Waals surface area contributed by atoms with Gasteiger partial charge in [-0.05, 0) is 34.9 Å². The van der Waals surface area contributed by atoms with Crippen molar-refractivity contribution in [2.45, 2.75) is 0 Å². The number of rotatable bonds is 6. The summed E-state index contributed by atoms with van der Waals surface area (Å²) >= 11 is 0. The maximum absolute atomic E-state index is 10.3. The van der Waals surface area contributed by atoms with E-state index in [-0.39, 0.29) is 0 Å². The largest absolute Gasteiger partial charge is 0.366 e. The van der Waals surface area contributed by atoms with Crippen LogP contribution in [0.5, 0.6) is 0 Å². The number of carbonyl (C=O) groups excluding carboxylic acids is 3. The van der Waals surface area contributed by atoms with E-state index in [1.807, 2.05) is 91.0 Å². The zero-order valence-corrected chi connectivity index (χ0v) is 18.1. The minimum atomic E-state index is -0.422. The van der Waals surface area contributed by atoms with Crippen LogP contribution in [0.4, 0.5) is 0 Å². The molecule has 0 aliphatic carbocycles. The number of hydrogen-bond donors (Lipinski definition) is 3. The van der Waals surface area contributed by atoms with Gasteiger partial charge >= 0.3 is 0 Å². The van der Waals surface area contributed by atoms with Crippen molar-refractivity contribution < 1.29 is 14.4 Å². The first-order valence-electron chi connectivity index (χ1n) is 9.94. The van der Waals surface area contributed by atoms with Gasteiger partial charge in [-0.25, -0.2) is 0 Å². The smallest absolute Gasteiger partial charge is 0.241 e. The average molecular weight is 442 g/mol. The second-order valence-electron chi connectivity index (χ2n) is 6.44. The molecule has 3 amide bonds. The van der Waals surface area contributed by atoms with Crippen LogP contribution in [0.3, 0.4) is 0 Å². The first-order chi connectivity index (χ1) is 15.9. The van der Waals surface area contributed by atoms with Crippen LogP contribution in [0.15, 0.2) is 109 Å². The predicted molar refractivity (Wildman–Crippen MR) is 134 cm³/mol. The van der Waals surface area contributed by atoms with Crippen molar-refractivity contribution in [3.63, 3.8) is 0 Å². The van der Waals surface area contributed by atoms with E-state index < -0.39 is 17.7 Å². The predicted octanol–water partition coefficient (Wildman–Crippen LogP) is 3.56. The monoisotopic (exact) mass is 441 g/mol. The number of carbonyl (C=O) groups is 3. The highest BCUT2D eigenvalue weighted by atomic mass is 16.1. The van der Waals surface area contributed by atoms with Gasteiger partial charge in [-0.1, -0.05) is 91.0 Å². The molecular formula is C27H27N3O3. The molecule has 33 heavy (non-hydrogen) atoms. The number of primary amides is 3. The van der Waals surface area contributed by atoms with Crippen LogP contribution in [-0.2, 0) is 14.4 Å². The van der Waals surface area contributed by atoms with E-state index in [0.29, 0.717) is 0 Å². The zero-order chi connectivity index (χ0) is 24.3. The van der Waals surface area contributed by atoms with Crippen LogP contribution in [0.2, 0.25) is 0 Å². The van der Waals surface area contributed by atoms with Crippen molar-refractivity contribution >= 4 is 35.9 Å². The van der Waals surface area contributed by atoms with Gasteiger partial charge in [0, 0.05) is 18.2 Å². The Morgan fingerprint density at radius 2 is 0.636 bits per heavy atom. The van der Waals surface area contributed by atoms with Gasteiger partial charge in [0.05, 0.1) is 0 Å². The minimum Gasteiger partial charge on any atom is -0.366 e. The normalized spacial score (nSPS) is 10.2. The molecule has 0 aliphatic rings. The van der Waals surface area contributed by atoms with Crippen molar-refractivity contribution in [1.29, 1.82) is 0 Å². The summed E-state index contributed by atoms with van der Waals surface area (Å²) in [5.41, 5.74) is 17.7. The molecule has 0 unspecified atom stereocenters. The Bertz CT molecular complexity index is 934. The van der Waals surface area contributed by atoms with Crippen molar-refractivity contribution in [1.82, 2.24) is 0 Å². The van der Waals surface area contributed by atoms with Gasteiger partial charge in [0.15, 0.2) is 0 Å². The summed E-state index contributed by atoms with van der Waals surface area (Å²) in [4.78, 5) is 30.9. The fraction of sp³-hybridized carbons (Fsp3) is 0. The number of nitrogens with two attached hydrogens (primary N) is 3. The lowest BCUT2D eigenvalue weighted by Crippen LogP contribution is -2.04. The number of hydrogen-bond acceptors (Lipinski definition) is 3. The topological polar surface area (TPSA) is 129 Å². The first kappa shape index (κ1) is 26.3. The summed E-state index contributed by atoms with van der Waals surface area (Å²) in [7, 11) is 0. The fourth-order valence-electron chi connectivity index (χ4n) is 2.23. The molecule has 0 radical (unpaired) electrons. The number of amides is 3. The van der Waals surface area contributed by atoms with E-state index in [1.54, 1.807) is 18.2 Å². The van der Waals surface area contributed by atoms with Crippen molar-refractivity contribution in [2.24, 2.45) is 17.2 Å². The molecule has 3 aromatic rings. The Kier molecular flexibility index (Phi) is 12.8. The molecule has 0 saturated heterocycles. The molecule has 0 aromatic heterocycles. The quantitative estimate of drug-likeness (QED) is 0.506. The molecule has 0 aliphatic heterocycles. The molecule has 3 aromatic carbocycles. The Hall–Kier alpha value is -4.71. The lowest BCUT2D eigenvalue weighted by molar-refractivity contribution is -0.114. The lowest BCUT2D eigenvalue weighted by atomic mass is 10.2. The van der Waals surface area contributed by atoms with E-state index in [0.717, 1.165) is 16.7 Å². The summed E-state index contributed by atoms with van der Waals surface area (Å²) in [5, 5.41) is 0. The second-order valence-corrected chi connectivity index (χ2v) is 6.44. The van der Waals surface area contributed by atoms with Gasteiger partial charge in [0.1, 0.15) is 0 Å². The molecule has 168 valence electrons. The van der Waals surface area contributed by atoms with Crippen LogP contribution in [-0.4, -0.2) is 17.7 Å². The van der Waals surface area contributed by atoms with E-state index in [1.165, 1.54) is 18.2 Å². The van der Waals surface area contributed by atoms with Crippen LogP contribution in [0, 0.1) is 0 Å². The maximum atomic E-state index is 10.3. The Morgan fingerprint density at radius 1 is 0.424 bits per heavy atom. The molecular weight excluding hydrogens is 414 g/mol. The molecule has 0 atom stereocenters. The summed E-state index contributed by atoms with van der Waals surface area (Å²) in [6, 6.07) is 28.6. The summed E-state index contributed by atoms with van der Waals surface area (Å²) in [5.74, 6) is -1.27. The van der Waals surface area contributed by atoms with Gasteiger partial charge < -0.3 is 17.2 Å². The molecule has 0 bridgehead atoms. The van der Waals surface area contributed by atoms with E-state index in [9.17, 15) is 14.4 Å². The summed E-state index contributed by atoms with van der Waals surface area (Å²) < 4.78 is 0. The highest BCUT2D eigenvalue weighted by molar-refractivity contribution is 5.91. The molecule has 0 fully saturated rings. The standard InChI is InChI=1S/3C9H9NO/c3*10-9(11)7-6-8-4-2-1-3-5-8/h3*1-7H,(H2,10,11). The van der Waals surface area contributed by atoms with Crippen molar-refractivity contribution in [3.05, 3.63) is 126 Å². The zero-order valence-electron chi connectivity index (χ0n) is 18.1. The van der Waals surface area contributed by atoms with Gasteiger partial charge in [0.2, 0.25) is 17.7 Å². The van der Waals surface area contributed by atoms with Crippen LogP contribution in [0.25, 0.3) is 18.2 Å². The SMILES string of the molecule is NC(=O)C=Cc1ccccc1.NC(=O)C=Cc1ccccc1.NC(=O)C=Cc1ccccc1. The van der Waals surface area contributed by atoms with Crippen molar-refractivity contribution in [2.75, 3.05) is 0 Å². The van der Waals surface area contributed by atoms with E-state index >= 15 is 0 Å². The van der Waals surface area contributed by atoms with Gasteiger partial charge in [-0.2, -0.15) is 0 Å². The molecule has 0 heterocycles. The molecule has 0 spiro atoms. The molecule has 6 N–H and O–H groups in total. The fourth-order valence-corrected chi connectivity index (χ4v) is 2.23. The minimum absolute atomic E-state index is 0.422. The Balaban J connectivity index is 0.000000247. The molecule has 6 heteroatoms. The third-order valence-corrected chi connectivity index (χ3v) is 3.72. The molecule has 0 saturated carbocycles. The van der Waals surface area contributed by atoms with Gasteiger partial charge in [0.25, 0.3) is 0 Å². The van der Waals surface area contributed by atoms with E-state index in [2.05, 4.69) is 0 Å². The second kappa shape index (κ2) is 16.0. The Morgan fingerprint density at radius 3 is 0.818 bits per heavy atom. The summed E-state index contributed by atoms with van der Waals surface area (Å²) in [6.45, 7) is 0. The summed E-state index contributed by atoms with van der Waals surface area (Å²) in [6.07, 6.45) is 9.08. The average Bonchev–Trinajstić information content (AvgIpc) is 2.83. The number of benzene rings is 3. The maximum Gasteiger partial charge on any atom is 0.241 e. The lowest BCUT2D eigenvalue weighted by Gasteiger charge is -1.88. The highest BCUT2D eigenvalue weighted by Gasteiger charge is 1.86. The molecule has 6 nitrogen and oxygen atoms in total. The highest BCUT2D eigenvalue weighted by Crippen LogP contribution is 2.01. The van der Waals surface area contributed by atoms with Crippen LogP contribution >= 0.6 is 0 Å². The van der Waals surface area contributed by atoms with Crippen LogP contribution in [0.1, 0.15) is 16.7 Å².